The Balaban J connectivity index is 2.70. The summed E-state index contributed by atoms with van der Waals surface area (Å²) in [5, 5.41) is 4.55. The zero-order valence-electron chi connectivity index (χ0n) is 10.2. The molecule has 0 fully saturated rings. The van der Waals surface area contributed by atoms with Crippen molar-refractivity contribution in [2.45, 2.75) is 26.2 Å². The molecule has 0 atom stereocenters. The Morgan fingerprint density at radius 2 is 2.19 bits per heavy atom. The minimum Gasteiger partial charge on any atom is -0.296 e. The van der Waals surface area contributed by atoms with E-state index in [9.17, 15) is 4.79 Å². The van der Waals surface area contributed by atoms with Crippen LogP contribution in [0.2, 0.25) is 0 Å². The molecule has 0 saturated carbocycles. The molecule has 1 aromatic heterocycles. The maximum absolute atomic E-state index is 11.5. The van der Waals surface area contributed by atoms with Gasteiger partial charge in [0.05, 0.1) is 12.8 Å². The van der Waals surface area contributed by atoms with Gasteiger partial charge in [0.1, 0.15) is 5.00 Å². The third kappa shape index (κ3) is 3.18. The minimum atomic E-state index is -0.313. The molecule has 1 N–H and O–H groups in total. The Kier molecular flexibility index (Phi) is 3.88. The van der Waals surface area contributed by atoms with Crippen LogP contribution in [0.3, 0.4) is 0 Å². The second-order valence-electron chi connectivity index (χ2n) is 4.44. The van der Waals surface area contributed by atoms with Crippen molar-refractivity contribution in [3.8, 4) is 0 Å². The summed E-state index contributed by atoms with van der Waals surface area (Å²) in [4.78, 5) is 16.2. The number of anilines is 1. The smallest absolute Gasteiger partial charge is 0.296 e. The molecule has 1 rings (SSSR count). The predicted molar refractivity (Wildman–Crippen MR) is 64.6 cm³/mol. The van der Waals surface area contributed by atoms with Crippen LogP contribution in [0.1, 0.15) is 26.5 Å². The van der Waals surface area contributed by atoms with Crippen LogP contribution < -0.4 is 5.32 Å². The van der Waals surface area contributed by atoms with Gasteiger partial charge in [-0.3, -0.25) is 10.2 Å². The lowest BCUT2D eigenvalue weighted by atomic mass is 9.92. The number of amides is 2. The van der Waals surface area contributed by atoms with Crippen molar-refractivity contribution in [2.24, 2.45) is 0 Å². The molecule has 0 saturated heterocycles. The summed E-state index contributed by atoms with van der Waals surface area (Å²) in [6.07, 6.45) is 0. The highest BCUT2D eigenvalue weighted by atomic mass is 32.1. The Morgan fingerprint density at radius 1 is 1.56 bits per heavy atom. The maximum Gasteiger partial charge on any atom is 0.346 e. The number of hydrogen-bond donors (Lipinski definition) is 1. The first-order chi connectivity index (χ1) is 7.34. The van der Waals surface area contributed by atoms with Gasteiger partial charge in [-0.2, -0.15) is 4.37 Å². The lowest BCUT2D eigenvalue weighted by Gasteiger charge is -2.14. The number of hydrogen-bond acceptors (Lipinski definition) is 4. The van der Waals surface area contributed by atoms with Gasteiger partial charge in [0.2, 0.25) is 0 Å². The molecule has 5 nitrogen and oxygen atoms in total. The van der Waals surface area contributed by atoms with Crippen molar-refractivity contribution in [2.75, 3.05) is 19.5 Å². The first kappa shape index (κ1) is 12.9. The van der Waals surface area contributed by atoms with Crippen molar-refractivity contribution >= 4 is 22.6 Å². The second kappa shape index (κ2) is 4.80. The van der Waals surface area contributed by atoms with Crippen LogP contribution in [0.15, 0.2) is 6.07 Å². The Bertz CT molecular complexity index is 370. The highest BCUT2D eigenvalue weighted by molar-refractivity contribution is 7.10. The molecular formula is C10H17N3O2S. The fraction of sp³-hybridized carbons (Fsp3) is 0.600. The van der Waals surface area contributed by atoms with Gasteiger partial charge >= 0.3 is 6.03 Å². The number of nitrogens with one attached hydrogen (secondary N) is 1. The monoisotopic (exact) mass is 243 g/mol. The number of hydroxylamine groups is 2. The van der Waals surface area contributed by atoms with Crippen LogP contribution in [0.4, 0.5) is 9.80 Å². The Hall–Kier alpha value is -1.14. The fourth-order valence-corrected chi connectivity index (χ4v) is 1.78. The number of carbonyl (C=O) groups is 1. The predicted octanol–water partition coefficient (Wildman–Crippen LogP) is 2.47. The number of rotatable bonds is 2. The van der Waals surface area contributed by atoms with E-state index in [1.165, 1.54) is 18.6 Å². The molecule has 0 unspecified atom stereocenters. The van der Waals surface area contributed by atoms with Crippen LogP contribution in [-0.2, 0) is 10.3 Å². The third-order valence-electron chi connectivity index (χ3n) is 2.07. The lowest BCUT2D eigenvalue weighted by molar-refractivity contribution is -0.0597. The zero-order valence-corrected chi connectivity index (χ0v) is 11.0. The molecule has 1 heterocycles. The summed E-state index contributed by atoms with van der Waals surface area (Å²) in [7, 11) is 2.98. The topological polar surface area (TPSA) is 54.5 Å². The number of carbonyl (C=O) groups excluding carboxylic acids is 1. The molecular weight excluding hydrogens is 226 g/mol. The van der Waals surface area contributed by atoms with Gasteiger partial charge in [0, 0.05) is 12.5 Å². The molecule has 90 valence electrons. The summed E-state index contributed by atoms with van der Waals surface area (Å²) >= 11 is 1.27. The van der Waals surface area contributed by atoms with Gasteiger partial charge in [-0.25, -0.2) is 9.86 Å². The molecule has 0 aliphatic heterocycles. The van der Waals surface area contributed by atoms with Crippen LogP contribution >= 0.6 is 11.5 Å². The molecule has 2 amide bonds. The van der Waals surface area contributed by atoms with E-state index in [2.05, 4.69) is 30.5 Å². The van der Waals surface area contributed by atoms with Crippen LogP contribution in [0.5, 0.6) is 0 Å². The van der Waals surface area contributed by atoms with Gasteiger partial charge in [-0.1, -0.05) is 20.8 Å². The molecule has 16 heavy (non-hydrogen) atoms. The van der Waals surface area contributed by atoms with E-state index < -0.39 is 0 Å². The van der Waals surface area contributed by atoms with E-state index >= 15 is 0 Å². The third-order valence-corrected chi connectivity index (χ3v) is 2.77. The van der Waals surface area contributed by atoms with Crippen molar-refractivity contribution in [1.82, 2.24) is 9.44 Å². The number of nitrogens with zero attached hydrogens (tertiary/aromatic N) is 2. The molecule has 0 aliphatic rings. The van der Waals surface area contributed by atoms with Gasteiger partial charge < -0.3 is 0 Å². The van der Waals surface area contributed by atoms with Crippen molar-refractivity contribution in [3.63, 3.8) is 0 Å². The molecule has 0 aliphatic carbocycles. The van der Waals surface area contributed by atoms with E-state index in [0.29, 0.717) is 0 Å². The average Bonchev–Trinajstić information content (AvgIpc) is 2.64. The van der Waals surface area contributed by atoms with E-state index in [-0.39, 0.29) is 11.4 Å². The summed E-state index contributed by atoms with van der Waals surface area (Å²) < 4.78 is 4.29. The molecule has 0 radical (unpaired) electrons. The van der Waals surface area contributed by atoms with Crippen molar-refractivity contribution in [1.29, 1.82) is 0 Å². The largest absolute Gasteiger partial charge is 0.346 e. The summed E-state index contributed by atoms with van der Waals surface area (Å²) in [5.74, 6) is 0. The molecule has 0 aromatic carbocycles. The van der Waals surface area contributed by atoms with E-state index in [4.69, 9.17) is 4.84 Å². The quantitative estimate of drug-likeness (QED) is 0.812. The van der Waals surface area contributed by atoms with Gasteiger partial charge in [-0.05, 0) is 17.6 Å². The standard InChI is InChI=1S/C10H17N3O2S/c1-10(2,3)7-6-8(16-12-7)11-9(14)13(4)15-5/h6H,1-5H3,(H,11,14). The minimum absolute atomic E-state index is 0.00731. The highest BCUT2D eigenvalue weighted by Crippen LogP contribution is 2.26. The average molecular weight is 243 g/mol. The molecule has 0 bridgehead atoms. The van der Waals surface area contributed by atoms with Crippen LogP contribution in [0, 0.1) is 0 Å². The summed E-state index contributed by atoms with van der Waals surface area (Å²) in [6, 6.07) is 1.57. The fourth-order valence-electron chi connectivity index (χ4n) is 0.955. The number of aromatic nitrogens is 1. The van der Waals surface area contributed by atoms with E-state index in [1.54, 1.807) is 7.05 Å². The summed E-state index contributed by atoms with van der Waals surface area (Å²) in [5.41, 5.74) is 0.958. The van der Waals surface area contributed by atoms with Crippen molar-refractivity contribution < 1.29 is 9.63 Å². The normalized spacial score (nSPS) is 11.3. The van der Waals surface area contributed by atoms with E-state index in [0.717, 1.165) is 15.8 Å². The second-order valence-corrected chi connectivity index (χ2v) is 5.24. The molecule has 1 aromatic rings. The Labute approximate surface area is 99.5 Å². The highest BCUT2D eigenvalue weighted by Gasteiger charge is 2.18. The first-order valence-electron chi connectivity index (χ1n) is 4.90. The SMILES string of the molecule is CON(C)C(=O)Nc1cc(C(C)(C)C)ns1. The van der Waals surface area contributed by atoms with Gasteiger partial charge in [-0.15, -0.1) is 0 Å². The van der Waals surface area contributed by atoms with Crippen LogP contribution in [0.25, 0.3) is 0 Å². The molecule has 0 spiro atoms. The van der Waals surface area contributed by atoms with Crippen molar-refractivity contribution in [3.05, 3.63) is 11.8 Å². The van der Waals surface area contributed by atoms with E-state index in [1.807, 2.05) is 6.07 Å². The summed E-state index contributed by atoms with van der Waals surface area (Å²) in [6.45, 7) is 6.23. The van der Waals surface area contributed by atoms with Gasteiger partial charge in [0.15, 0.2) is 0 Å². The zero-order chi connectivity index (χ0) is 12.3. The maximum atomic E-state index is 11.5. The van der Waals surface area contributed by atoms with Gasteiger partial charge in [0.25, 0.3) is 0 Å². The Morgan fingerprint density at radius 3 is 2.62 bits per heavy atom. The first-order valence-corrected chi connectivity index (χ1v) is 5.68. The molecule has 6 heteroatoms. The van der Waals surface area contributed by atoms with Crippen LogP contribution in [-0.4, -0.2) is 29.6 Å². The number of urea groups is 1. The lowest BCUT2D eigenvalue weighted by Crippen LogP contribution is -2.29.